The first-order valence-corrected chi connectivity index (χ1v) is 6.45. The average molecular weight is 253 g/mol. The number of nitrogens with zero attached hydrogens (tertiary/aromatic N) is 1. The van der Waals surface area contributed by atoms with Gasteiger partial charge in [0.2, 0.25) is 5.91 Å². The summed E-state index contributed by atoms with van der Waals surface area (Å²) in [6.45, 7) is 0.827. The number of hydrazine groups is 1. The molecule has 0 aromatic heterocycles. The molecule has 0 spiro atoms. The van der Waals surface area contributed by atoms with Crippen molar-refractivity contribution in [2.75, 3.05) is 0 Å². The summed E-state index contributed by atoms with van der Waals surface area (Å²) in [5, 5.41) is 2.14. The van der Waals surface area contributed by atoms with E-state index in [1.165, 1.54) is 18.4 Å². The first kappa shape index (κ1) is 14.1. The minimum absolute atomic E-state index is 0. The fourth-order valence-corrected chi connectivity index (χ4v) is 3.03. The maximum atomic E-state index is 11.9. The number of hydrogen-bond donors (Lipinski definition) is 1. The summed E-state index contributed by atoms with van der Waals surface area (Å²) in [4.78, 5) is 11.9. The van der Waals surface area contributed by atoms with Crippen molar-refractivity contribution in [2.24, 2.45) is 5.92 Å². The maximum absolute atomic E-state index is 11.9. The Balaban J connectivity index is 0.00000120. The zero-order chi connectivity index (χ0) is 11.7. The van der Waals surface area contributed by atoms with Crippen molar-refractivity contribution >= 4 is 35.5 Å². The van der Waals surface area contributed by atoms with Gasteiger partial charge in [0.1, 0.15) is 0 Å². The fraction of sp³-hybridized carbons (Fsp3) is 0.500. The van der Waals surface area contributed by atoms with Crippen LogP contribution >= 0.6 is 0 Å². The van der Waals surface area contributed by atoms with E-state index in [9.17, 15) is 4.79 Å². The Labute approximate surface area is 130 Å². The summed E-state index contributed by atoms with van der Waals surface area (Å²) in [6.07, 6.45) is 4.66. The number of rotatable bonds is 2. The van der Waals surface area contributed by atoms with Crippen LogP contribution in [0.3, 0.4) is 0 Å². The molecular formula is C14H18N2NaO. The summed E-state index contributed by atoms with van der Waals surface area (Å²) < 4.78 is 0. The molecule has 1 N–H and O–H groups in total. The first-order valence-electron chi connectivity index (χ1n) is 6.45. The summed E-state index contributed by atoms with van der Waals surface area (Å²) in [7, 11) is 0. The number of benzene rings is 1. The number of hydrogen-bond acceptors (Lipinski definition) is 2. The van der Waals surface area contributed by atoms with Gasteiger partial charge < -0.3 is 0 Å². The molecule has 2 atom stereocenters. The zero-order valence-electron chi connectivity index (χ0n) is 10.9. The smallest absolute Gasteiger partial charge is 0.239 e. The van der Waals surface area contributed by atoms with E-state index in [0.29, 0.717) is 6.04 Å². The molecule has 3 rings (SSSR count). The molecule has 18 heavy (non-hydrogen) atoms. The zero-order valence-corrected chi connectivity index (χ0v) is 12.9. The van der Waals surface area contributed by atoms with Crippen molar-refractivity contribution in [1.82, 2.24) is 10.4 Å². The molecule has 1 aromatic carbocycles. The normalized spacial score (nSPS) is 27.2. The number of nitrogens with one attached hydrogen (secondary N) is 1. The Kier molecular flexibility index (Phi) is 4.84. The van der Waals surface area contributed by atoms with Crippen LogP contribution in [0.1, 0.15) is 31.2 Å². The number of carbonyl (C=O) groups is 1. The van der Waals surface area contributed by atoms with Gasteiger partial charge in [-0.05, 0) is 18.4 Å². The van der Waals surface area contributed by atoms with Gasteiger partial charge in [0.05, 0.1) is 5.92 Å². The Morgan fingerprint density at radius 2 is 1.89 bits per heavy atom. The van der Waals surface area contributed by atoms with Crippen molar-refractivity contribution < 1.29 is 4.79 Å². The topological polar surface area (TPSA) is 32.3 Å². The van der Waals surface area contributed by atoms with E-state index in [2.05, 4.69) is 22.6 Å². The van der Waals surface area contributed by atoms with Crippen LogP contribution in [0.4, 0.5) is 0 Å². The quantitative estimate of drug-likeness (QED) is 0.814. The van der Waals surface area contributed by atoms with E-state index < -0.39 is 0 Å². The molecule has 1 saturated carbocycles. The van der Waals surface area contributed by atoms with Crippen molar-refractivity contribution in [3.63, 3.8) is 0 Å². The number of carbonyl (C=O) groups excluding carboxylic acids is 1. The Morgan fingerprint density at radius 1 is 1.17 bits per heavy atom. The van der Waals surface area contributed by atoms with Crippen LogP contribution < -0.4 is 5.43 Å². The molecule has 4 heteroatoms. The van der Waals surface area contributed by atoms with Gasteiger partial charge in [-0.2, -0.15) is 0 Å². The van der Waals surface area contributed by atoms with Crippen LogP contribution in [0.2, 0.25) is 0 Å². The van der Waals surface area contributed by atoms with Gasteiger partial charge in [0, 0.05) is 42.1 Å². The second-order valence-electron chi connectivity index (χ2n) is 5.05. The third-order valence-electron chi connectivity index (χ3n) is 3.92. The molecule has 1 radical (unpaired) electrons. The van der Waals surface area contributed by atoms with Crippen LogP contribution in [0.5, 0.6) is 0 Å². The molecule has 91 valence electrons. The van der Waals surface area contributed by atoms with Gasteiger partial charge in [-0.3, -0.25) is 10.2 Å². The van der Waals surface area contributed by atoms with Gasteiger partial charge in [0.15, 0.2) is 0 Å². The molecule has 1 aromatic rings. The van der Waals surface area contributed by atoms with Crippen LogP contribution in [0.15, 0.2) is 30.3 Å². The fourth-order valence-electron chi connectivity index (χ4n) is 3.03. The summed E-state index contributed by atoms with van der Waals surface area (Å²) >= 11 is 0. The van der Waals surface area contributed by atoms with Gasteiger partial charge in [-0.1, -0.05) is 43.2 Å². The molecular weight excluding hydrogens is 235 g/mol. The summed E-state index contributed by atoms with van der Waals surface area (Å²) in [6, 6.07) is 10.8. The molecule has 1 aliphatic heterocycles. The van der Waals surface area contributed by atoms with E-state index in [1.54, 1.807) is 0 Å². The van der Waals surface area contributed by atoms with E-state index in [1.807, 2.05) is 18.2 Å². The van der Waals surface area contributed by atoms with Crippen molar-refractivity contribution in [2.45, 2.75) is 38.3 Å². The Morgan fingerprint density at radius 3 is 2.67 bits per heavy atom. The molecule has 1 heterocycles. The van der Waals surface area contributed by atoms with Crippen molar-refractivity contribution in [3.8, 4) is 0 Å². The maximum Gasteiger partial charge on any atom is 0.239 e. The summed E-state index contributed by atoms with van der Waals surface area (Å²) in [5.41, 5.74) is 4.30. The monoisotopic (exact) mass is 253 g/mol. The largest absolute Gasteiger partial charge is 0.288 e. The molecule has 2 fully saturated rings. The summed E-state index contributed by atoms with van der Waals surface area (Å²) in [5.74, 6) is 0.457. The van der Waals surface area contributed by atoms with Gasteiger partial charge in [0.25, 0.3) is 0 Å². The second kappa shape index (κ2) is 6.20. The third-order valence-corrected chi connectivity index (χ3v) is 3.92. The SMILES string of the molecule is O=C1NN(Cc2ccccc2)C2CCCCC12.[Na]. The van der Waals surface area contributed by atoms with Crippen molar-refractivity contribution in [3.05, 3.63) is 35.9 Å². The predicted molar refractivity (Wildman–Crippen MR) is 71.6 cm³/mol. The minimum atomic E-state index is 0. The first-order chi connectivity index (χ1) is 8.34. The molecule has 0 bridgehead atoms. The molecule has 2 unspecified atom stereocenters. The standard InChI is InChI=1S/C14H18N2O.Na/c17-14-12-8-4-5-9-13(12)16(15-14)10-11-6-2-1-3-7-11;/h1-3,6-7,12-13H,4-5,8-10H2,(H,15,17);. The van der Waals surface area contributed by atoms with Crippen molar-refractivity contribution in [1.29, 1.82) is 0 Å². The van der Waals surface area contributed by atoms with Crippen LogP contribution in [-0.4, -0.2) is 46.5 Å². The van der Waals surface area contributed by atoms with Gasteiger partial charge in [-0.15, -0.1) is 0 Å². The van der Waals surface area contributed by atoms with Gasteiger partial charge in [-0.25, -0.2) is 5.01 Å². The predicted octanol–water partition coefficient (Wildman–Crippen LogP) is 1.71. The molecule has 1 aliphatic carbocycles. The number of fused-ring (bicyclic) bond motifs is 1. The minimum Gasteiger partial charge on any atom is -0.288 e. The number of amides is 1. The van der Waals surface area contributed by atoms with Crippen LogP contribution in [-0.2, 0) is 11.3 Å². The third kappa shape index (κ3) is 2.80. The van der Waals surface area contributed by atoms with E-state index in [4.69, 9.17) is 0 Å². The van der Waals surface area contributed by atoms with Crippen LogP contribution in [0, 0.1) is 5.92 Å². The molecule has 3 nitrogen and oxygen atoms in total. The molecule has 1 amide bonds. The van der Waals surface area contributed by atoms with Crippen LogP contribution in [0.25, 0.3) is 0 Å². The van der Waals surface area contributed by atoms with E-state index >= 15 is 0 Å². The molecule has 2 aliphatic rings. The van der Waals surface area contributed by atoms with E-state index in [0.717, 1.165) is 19.4 Å². The van der Waals surface area contributed by atoms with E-state index in [-0.39, 0.29) is 41.4 Å². The Hall–Kier alpha value is -0.350. The average Bonchev–Trinajstić information content (AvgIpc) is 2.69. The second-order valence-corrected chi connectivity index (χ2v) is 5.05. The Bertz CT molecular complexity index is 410. The van der Waals surface area contributed by atoms with Gasteiger partial charge >= 0.3 is 0 Å². The molecule has 1 saturated heterocycles.